The standard InChI is InChI=1S/C12H14N2O2/c1-3-12(15)16-8-10-9(2)13-11-6-4-5-7-14(10)11/h4-7H,3,8H2,1-2H3. The number of aryl methyl sites for hydroxylation is 1. The van der Waals surface area contributed by atoms with Crippen LogP contribution in [0.4, 0.5) is 0 Å². The smallest absolute Gasteiger partial charge is 0.305 e. The molecular formula is C12H14N2O2. The predicted molar refractivity (Wildman–Crippen MR) is 60.0 cm³/mol. The molecule has 0 bridgehead atoms. The Kier molecular flexibility index (Phi) is 2.90. The number of nitrogens with zero attached hydrogens (tertiary/aromatic N) is 2. The molecule has 0 amide bonds. The Balaban J connectivity index is 2.29. The SMILES string of the molecule is CCC(=O)OCc1c(C)nc2ccccn12. The van der Waals surface area contributed by atoms with Crippen LogP contribution in [-0.4, -0.2) is 15.4 Å². The molecule has 0 aliphatic carbocycles. The highest BCUT2D eigenvalue weighted by Crippen LogP contribution is 2.12. The van der Waals surface area contributed by atoms with Gasteiger partial charge in [0.05, 0.1) is 11.4 Å². The zero-order chi connectivity index (χ0) is 11.5. The molecule has 2 rings (SSSR count). The second-order valence-corrected chi connectivity index (χ2v) is 3.59. The molecule has 0 aliphatic heterocycles. The van der Waals surface area contributed by atoms with E-state index < -0.39 is 0 Å². The highest BCUT2D eigenvalue weighted by molar-refractivity contribution is 5.68. The first-order valence-electron chi connectivity index (χ1n) is 5.30. The van der Waals surface area contributed by atoms with Crippen LogP contribution in [0.15, 0.2) is 24.4 Å². The van der Waals surface area contributed by atoms with Crippen molar-refractivity contribution in [3.63, 3.8) is 0 Å². The van der Waals surface area contributed by atoms with E-state index in [0.717, 1.165) is 17.0 Å². The van der Waals surface area contributed by atoms with E-state index in [2.05, 4.69) is 4.98 Å². The van der Waals surface area contributed by atoms with Crippen molar-refractivity contribution in [2.45, 2.75) is 26.9 Å². The van der Waals surface area contributed by atoms with Crippen LogP contribution in [0.5, 0.6) is 0 Å². The molecule has 0 atom stereocenters. The van der Waals surface area contributed by atoms with E-state index in [1.165, 1.54) is 0 Å². The van der Waals surface area contributed by atoms with E-state index in [1.54, 1.807) is 6.92 Å². The lowest BCUT2D eigenvalue weighted by Crippen LogP contribution is -2.05. The molecule has 84 valence electrons. The molecule has 0 radical (unpaired) electrons. The minimum atomic E-state index is -0.190. The van der Waals surface area contributed by atoms with Gasteiger partial charge in [-0.25, -0.2) is 4.98 Å². The molecule has 16 heavy (non-hydrogen) atoms. The van der Waals surface area contributed by atoms with Crippen molar-refractivity contribution >= 4 is 11.6 Å². The summed E-state index contributed by atoms with van der Waals surface area (Å²) in [7, 11) is 0. The van der Waals surface area contributed by atoms with Crippen molar-refractivity contribution in [3.05, 3.63) is 35.8 Å². The van der Waals surface area contributed by atoms with Crippen molar-refractivity contribution in [3.8, 4) is 0 Å². The predicted octanol–water partition coefficient (Wildman–Crippen LogP) is 2.10. The van der Waals surface area contributed by atoms with Gasteiger partial charge in [-0.15, -0.1) is 0 Å². The molecular weight excluding hydrogens is 204 g/mol. The van der Waals surface area contributed by atoms with Crippen LogP contribution in [0.1, 0.15) is 24.7 Å². The van der Waals surface area contributed by atoms with E-state index >= 15 is 0 Å². The maximum atomic E-state index is 11.1. The Morgan fingerprint density at radius 2 is 2.31 bits per heavy atom. The highest BCUT2D eigenvalue weighted by atomic mass is 16.5. The van der Waals surface area contributed by atoms with Gasteiger partial charge in [-0.05, 0) is 19.1 Å². The number of fused-ring (bicyclic) bond motifs is 1. The van der Waals surface area contributed by atoms with Crippen LogP contribution < -0.4 is 0 Å². The molecule has 2 heterocycles. The quantitative estimate of drug-likeness (QED) is 0.741. The summed E-state index contributed by atoms with van der Waals surface area (Å²) in [6.07, 6.45) is 2.32. The van der Waals surface area contributed by atoms with Crippen molar-refractivity contribution in [1.82, 2.24) is 9.38 Å². The zero-order valence-corrected chi connectivity index (χ0v) is 9.43. The fourth-order valence-corrected chi connectivity index (χ4v) is 1.59. The van der Waals surface area contributed by atoms with Gasteiger partial charge in [0.15, 0.2) is 0 Å². The summed E-state index contributed by atoms with van der Waals surface area (Å²) in [6.45, 7) is 3.98. The van der Waals surface area contributed by atoms with Gasteiger partial charge >= 0.3 is 5.97 Å². The maximum absolute atomic E-state index is 11.1. The van der Waals surface area contributed by atoms with Gasteiger partial charge in [0.1, 0.15) is 12.3 Å². The van der Waals surface area contributed by atoms with Gasteiger partial charge in [0.25, 0.3) is 0 Å². The normalized spacial score (nSPS) is 10.6. The average Bonchev–Trinajstić information content (AvgIpc) is 2.62. The van der Waals surface area contributed by atoms with Gasteiger partial charge in [0.2, 0.25) is 0 Å². The number of rotatable bonds is 3. The molecule has 0 N–H and O–H groups in total. The van der Waals surface area contributed by atoms with Gasteiger partial charge in [-0.1, -0.05) is 13.0 Å². The largest absolute Gasteiger partial charge is 0.459 e. The van der Waals surface area contributed by atoms with Gasteiger partial charge in [0, 0.05) is 12.6 Å². The summed E-state index contributed by atoms with van der Waals surface area (Å²) in [5, 5.41) is 0. The zero-order valence-electron chi connectivity index (χ0n) is 9.43. The summed E-state index contributed by atoms with van der Waals surface area (Å²) < 4.78 is 7.07. The van der Waals surface area contributed by atoms with Crippen LogP contribution in [0.2, 0.25) is 0 Å². The number of pyridine rings is 1. The maximum Gasteiger partial charge on any atom is 0.305 e. The molecule has 0 aromatic carbocycles. The number of esters is 1. The molecule has 4 heteroatoms. The number of hydrogen-bond donors (Lipinski definition) is 0. The summed E-state index contributed by atoms with van der Waals surface area (Å²) in [4.78, 5) is 15.5. The van der Waals surface area contributed by atoms with Crippen molar-refractivity contribution in [1.29, 1.82) is 0 Å². The minimum absolute atomic E-state index is 0.190. The monoisotopic (exact) mass is 218 g/mol. The summed E-state index contributed by atoms with van der Waals surface area (Å²) >= 11 is 0. The third-order valence-electron chi connectivity index (χ3n) is 2.49. The molecule has 2 aromatic heterocycles. The van der Waals surface area contributed by atoms with Crippen LogP contribution >= 0.6 is 0 Å². The Labute approximate surface area is 93.9 Å². The Hall–Kier alpha value is -1.84. The van der Waals surface area contributed by atoms with Gasteiger partial charge < -0.3 is 9.14 Å². The highest BCUT2D eigenvalue weighted by Gasteiger charge is 2.09. The molecule has 2 aromatic rings. The number of carbonyl (C=O) groups is 1. The first kappa shape index (κ1) is 10.7. The number of ether oxygens (including phenoxy) is 1. The number of aromatic nitrogens is 2. The van der Waals surface area contributed by atoms with Crippen molar-refractivity contribution < 1.29 is 9.53 Å². The summed E-state index contributed by atoms with van der Waals surface area (Å²) in [5.41, 5.74) is 2.70. The lowest BCUT2D eigenvalue weighted by atomic mass is 10.3. The first-order chi connectivity index (χ1) is 7.72. The second-order valence-electron chi connectivity index (χ2n) is 3.59. The number of imidazole rings is 1. The molecule has 0 unspecified atom stereocenters. The van der Waals surface area contributed by atoms with Crippen LogP contribution in [0.25, 0.3) is 5.65 Å². The van der Waals surface area contributed by atoms with Gasteiger partial charge in [-0.2, -0.15) is 0 Å². The topological polar surface area (TPSA) is 43.6 Å². The van der Waals surface area contributed by atoms with E-state index in [9.17, 15) is 4.79 Å². The van der Waals surface area contributed by atoms with E-state index in [1.807, 2.05) is 35.7 Å². The molecule has 0 fully saturated rings. The lowest BCUT2D eigenvalue weighted by Gasteiger charge is -2.04. The second kappa shape index (κ2) is 4.35. The van der Waals surface area contributed by atoms with E-state index in [0.29, 0.717) is 6.42 Å². The molecule has 0 saturated heterocycles. The average molecular weight is 218 g/mol. The molecule has 0 saturated carbocycles. The molecule has 0 aliphatic rings. The third kappa shape index (κ3) is 1.91. The van der Waals surface area contributed by atoms with Crippen molar-refractivity contribution in [2.24, 2.45) is 0 Å². The summed E-state index contributed by atoms with van der Waals surface area (Å²) in [6, 6.07) is 5.79. The fraction of sp³-hybridized carbons (Fsp3) is 0.333. The lowest BCUT2D eigenvalue weighted by molar-refractivity contribution is -0.144. The van der Waals surface area contributed by atoms with Gasteiger partial charge in [-0.3, -0.25) is 4.79 Å². The third-order valence-corrected chi connectivity index (χ3v) is 2.49. The Bertz CT molecular complexity index is 517. The first-order valence-corrected chi connectivity index (χ1v) is 5.30. The molecule has 0 spiro atoms. The molecule has 4 nitrogen and oxygen atoms in total. The fourth-order valence-electron chi connectivity index (χ4n) is 1.59. The van der Waals surface area contributed by atoms with Crippen LogP contribution in [0, 0.1) is 6.92 Å². The van der Waals surface area contributed by atoms with Crippen LogP contribution in [-0.2, 0) is 16.1 Å². The summed E-state index contributed by atoms with van der Waals surface area (Å²) in [5.74, 6) is -0.190. The van der Waals surface area contributed by atoms with Crippen LogP contribution in [0.3, 0.4) is 0 Å². The van der Waals surface area contributed by atoms with E-state index in [-0.39, 0.29) is 12.6 Å². The minimum Gasteiger partial charge on any atom is -0.459 e. The van der Waals surface area contributed by atoms with Crippen molar-refractivity contribution in [2.75, 3.05) is 0 Å². The number of carbonyl (C=O) groups excluding carboxylic acids is 1. The van der Waals surface area contributed by atoms with E-state index in [4.69, 9.17) is 4.74 Å². The Morgan fingerprint density at radius 1 is 1.50 bits per heavy atom. The Morgan fingerprint density at radius 3 is 3.06 bits per heavy atom. The number of hydrogen-bond acceptors (Lipinski definition) is 3.